The number of methoxy groups -OCH3 is 1. The van der Waals surface area contributed by atoms with E-state index >= 15 is 0 Å². The molecule has 0 spiro atoms. The maximum Gasteiger partial charge on any atom is 0.120 e. The van der Waals surface area contributed by atoms with Crippen molar-refractivity contribution in [2.45, 2.75) is 31.4 Å². The van der Waals surface area contributed by atoms with Crippen LogP contribution < -0.4 is 15.0 Å². The van der Waals surface area contributed by atoms with E-state index in [0.29, 0.717) is 6.04 Å². The predicted molar refractivity (Wildman–Crippen MR) is 105 cm³/mol. The normalized spacial score (nSPS) is 22.7. The first-order chi connectivity index (χ1) is 12.8. The minimum atomic E-state index is 0.244. The molecule has 0 aromatic heterocycles. The molecular formula is C22H28N2O2. The zero-order chi connectivity index (χ0) is 17.8. The van der Waals surface area contributed by atoms with Crippen LogP contribution in [0.15, 0.2) is 48.5 Å². The van der Waals surface area contributed by atoms with E-state index in [4.69, 9.17) is 9.47 Å². The second kappa shape index (κ2) is 8.11. The van der Waals surface area contributed by atoms with Crippen LogP contribution in [-0.2, 0) is 11.2 Å². The standard InChI is InChI=1S/C22H28N2O2/c1-25-20-7-4-6-19(15-20)24-13-12-23-18(16-24)9-10-22-21-8-3-2-5-17(21)11-14-26-22/h2-8,15,18,22-23H,9-14,16H2,1H3. The van der Waals surface area contributed by atoms with Crippen LogP contribution in [0.5, 0.6) is 5.75 Å². The van der Waals surface area contributed by atoms with E-state index in [-0.39, 0.29) is 6.10 Å². The number of rotatable bonds is 5. The lowest BCUT2D eigenvalue weighted by Crippen LogP contribution is -2.50. The van der Waals surface area contributed by atoms with Crippen molar-refractivity contribution in [3.8, 4) is 5.75 Å². The highest BCUT2D eigenvalue weighted by molar-refractivity contribution is 5.51. The molecule has 4 nitrogen and oxygen atoms in total. The van der Waals surface area contributed by atoms with Gasteiger partial charge in [0.15, 0.2) is 0 Å². The summed E-state index contributed by atoms with van der Waals surface area (Å²) in [6.45, 7) is 3.92. The maximum atomic E-state index is 6.08. The number of fused-ring (bicyclic) bond motifs is 1. The van der Waals surface area contributed by atoms with E-state index in [1.165, 1.54) is 16.8 Å². The number of hydrogen-bond acceptors (Lipinski definition) is 4. The molecule has 26 heavy (non-hydrogen) atoms. The molecule has 2 aliphatic heterocycles. The van der Waals surface area contributed by atoms with Crippen molar-refractivity contribution in [3.63, 3.8) is 0 Å². The minimum absolute atomic E-state index is 0.244. The number of hydrogen-bond donors (Lipinski definition) is 1. The molecule has 2 unspecified atom stereocenters. The highest BCUT2D eigenvalue weighted by Gasteiger charge is 2.24. The lowest BCUT2D eigenvalue weighted by molar-refractivity contribution is 0.0333. The molecule has 2 aromatic carbocycles. The second-order valence-electron chi connectivity index (χ2n) is 7.18. The van der Waals surface area contributed by atoms with Gasteiger partial charge in [0.1, 0.15) is 5.75 Å². The number of piperazine rings is 1. The molecule has 1 saturated heterocycles. The summed E-state index contributed by atoms with van der Waals surface area (Å²) < 4.78 is 11.5. The van der Waals surface area contributed by atoms with Gasteiger partial charge in [-0.2, -0.15) is 0 Å². The summed E-state index contributed by atoms with van der Waals surface area (Å²) >= 11 is 0. The third-order valence-corrected chi connectivity index (χ3v) is 5.54. The summed E-state index contributed by atoms with van der Waals surface area (Å²) in [5.41, 5.74) is 4.09. The van der Waals surface area contributed by atoms with Gasteiger partial charge in [0.25, 0.3) is 0 Å². The van der Waals surface area contributed by atoms with Gasteiger partial charge in [-0.1, -0.05) is 30.3 Å². The first-order valence-electron chi connectivity index (χ1n) is 9.65. The Morgan fingerprint density at radius 3 is 3.00 bits per heavy atom. The summed E-state index contributed by atoms with van der Waals surface area (Å²) in [4.78, 5) is 2.46. The zero-order valence-electron chi connectivity index (χ0n) is 15.5. The van der Waals surface area contributed by atoms with Crippen molar-refractivity contribution in [3.05, 3.63) is 59.7 Å². The molecule has 2 aromatic rings. The molecule has 1 fully saturated rings. The van der Waals surface area contributed by atoms with Crippen LogP contribution in [0, 0.1) is 0 Å². The van der Waals surface area contributed by atoms with Crippen molar-refractivity contribution >= 4 is 5.69 Å². The Hall–Kier alpha value is -2.04. The van der Waals surface area contributed by atoms with E-state index in [2.05, 4.69) is 52.7 Å². The van der Waals surface area contributed by atoms with E-state index in [1.807, 2.05) is 6.07 Å². The third-order valence-electron chi connectivity index (χ3n) is 5.54. The maximum absolute atomic E-state index is 6.08. The largest absolute Gasteiger partial charge is 0.497 e. The fourth-order valence-corrected chi connectivity index (χ4v) is 4.13. The van der Waals surface area contributed by atoms with E-state index < -0.39 is 0 Å². The first-order valence-corrected chi connectivity index (χ1v) is 9.65. The van der Waals surface area contributed by atoms with Crippen LogP contribution in [0.3, 0.4) is 0 Å². The molecule has 1 N–H and O–H groups in total. The molecular weight excluding hydrogens is 324 g/mol. The van der Waals surface area contributed by atoms with Crippen LogP contribution in [0.1, 0.15) is 30.1 Å². The molecule has 2 atom stereocenters. The molecule has 0 bridgehead atoms. The van der Waals surface area contributed by atoms with Crippen molar-refractivity contribution in [1.82, 2.24) is 5.32 Å². The molecule has 138 valence electrons. The van der Waals surface area contributed by atoms with Crippen LogP contribution in [0.2, 0.25) is 0 Å². The van der Waals surface area contributed by atoms with Gasteiger partial charge in [-0.15, -0.1) is 0 Å². The lowest BCUT2D eigenvalue weighted by Gasteiger charge is -2.36. The van der Waals surface area contributed by atoms with Gasteiger partial charge in [-0.25, -0.2) is 0 Å². The molecule has 4 heteroatoms. The Balaban J connectivity index is 1.37. The van der Waals surface area contributed by atoms with Crippen LogP contribution in [-0.4, -0.2) is 39.4 Å². The second-order valence-corrected chi connectivity index (χ2v) is 7.18. The average molecular weight is 352 g/mol. The average Bonchev–Trinajstić information content (AvgIpc) is 2.72. The molecule has 2 heterocycles. The van der Waals surface area contributed by atoms with E-state index in [9.17, 15) is 0 Å². The molecule has 0 amide bonds. The summed E-state index contributed by atoms with van der Waals surface area (Å²) in [7, 11) is 1.72. The van der Waals surface area contributed by atoms with Gasteiger partial charge in [0.2, 0.25) is 0 Å². The predicted octanol–water partition coefficient (Wildman–Crippen LogP) is 3.57. The van der Waals surface area contributed by atoms with Crippen LogP contribution in [0.4, 0.5) is 5.69 Å². The van der Waals surface area contributed by atoms with Crippen molar-refractivity contribution in [2.24, 2.45) is 0 Å². The van der Waals surface area contributed by atoms with Crippen molar-refractivity contribution < 1.29 is 9.47 Å². The Bertz CT molecular complexity index is 734. The van der Waals surface area contributed by atoms with Gasteiger partial charge >= 0.3 is 0 Å². The van der Waals surface area contributed by atoms with Gasteiger partial charge in [-0.05, 0) is 42.5 Å². The van der Waals surface area contributed by atoms with Gasteiger partial charge in [0, 0.05) is 37.4 Å². The fraction of sp³-hybridized carbons (Fsp3) is 0.455. The van der Waals surface area contributed by atoms with E-state index in [0.717, 1.165) is 51.3 Å². The van der Waals surface area contributed by atoms with Gasteiger partial charge in [-0.3, -0.25) is 0 Å². The smallest absolute Gasteiger partial charge is 0.120 e. The minimum Gasteiger partial charge on any atom is -0.497 e. The lowest BCUT2D eigenvalue weighted by atomic mass is 9.93. The fourth-order valence-electron chi connectivity index (χ4n) is 4.13. The molecule has 4 rings (SSSR count). The highest BCUT2D eigenvalue weighted by Crippen LogP contribution is 2.31. The Morgan fingerprint density at radius 1 is 1.15 bits per heavy atom. The Labute approximate surface area is 156 Å². The molecule has 0 aliphatic carbocycles. The third kappa shape index (κ3) is 3.87. The first kappa shape index (κ1) is 17.4. The monoisotopic (exact) mass is 352 g/mol. The number of benzene rings is 2. The molecule has 2 aliphatic rings. The SMILES string of the molecule is COc1cccc(N2CCNC(CCC3OCCc4ccccc43)C2)c1. The summed E-state index contributed by atoms with van der Waals surface area (Å²) in [5, 5.41) is 3.68. The summed E-state index contributed by atoms with van der Waals surface area (Å²) in [6.07, 6.45) is 3.48. The Morgan fingerprint density at radius 2 is 2.08 bits per heavy atom. The molecule has 0 saturated carbocycles. The molecule has 0 radical (unpaired) electrons. The number of ether oxygens (including phenoxy) is 2. The van der Waals surface area contributed by atoms with Crippen LogP contribution in [0.25, 0.3) is 0 Å². The van der Waals surface area contributed by atoms with Crippen molar-refractivity contribution in [2.75, 3.05) is 38.3 Å². The van der Waals surface area contributed by atoms with Gasteiger partial charge in [0.05, 0.1) is 19.8 Å². The summed E-state index contributed by atoms with van der Waals surface area (Å²) in [6, 6.07) is 17.6. The number of nitrogens with one attached hydrogen (secondary N) is 1. The number of anilines is 1. The zero-order valence-corrected chi connectivity index (χ0v) is 15.5. The Kier molecular flexibility index (Phi) is 5.42. The van der Waals surface area contributed by atoms with Crippen molar-refractivity contribution in [1.29, 1.82) is 0 Å². The quantitative estimate of drug-likeness (QED) is 0.892. The highest BCUT2D eigenvalue weighted by atomic mass is 16.5. The van der Waals surface area contributed by atoms with Gasteiger partial charge < -0.3 is 19.7 Å². The van der Waals surface area contributed by atoms with E-state index in [1.54, 1.807) is 7.11 Å². The topological polar surface area (TPSA) is 33.7 Å². The summed E-state index contributed by atoms with van der Waals surface area (Å²) in [5.74, 6) is 0.921. The number of nitrogens with zero attached hydrogens (tertiary/aromatic N) is 1. The van der Waals surface area contributed by atoms with Crippen LogP contribution >= 0.6 is 0 Å².